The topological polar surface area (TPSA) is 76.1 Å². The van der Waals surface area contributed by atoms with Crippen LogP contribution >= 0.6 is 24.0 Å². The molecule has 29 heavy (non-hydrogen) atoms. The number of carbonyl (C=O) groups excluding carboxylic acids is 1. The first-order valence-electron chi connectivity index (χ1n) is 8.69. The van der Waals surface area contributed by atoms with Gasteiger partial charge in [0.15, 0.2) is 11.5 Å². The maximum absolute atomic E-state index is 13.0. The number of rotatable bonds is 6. The Morgan fingerprint density at radius 1 is 1.17 bits per heavy atom. The van der Waals surface area contributed by atoms with Crippen LogP contribution in [0.5, 0.6) is 11.5 Å². The van der Waals surface area contributed by atoms with Crippen LogP contribution in [0.2, 0.25) is 0 Å². The van der Waals surface area contributed by atoms with Crippen LogP contribution in [0.1, 0.15) is 34.5 Å². The molecular weight excluding hydrogens is 410 g/mol. The fraction of sp³-hybridized carbons (Fsp3) is 0.190. The number of aromatic carboxylic acids is 1. The van der Waals surface area contributed by atoms with Gasteiger partial charge in [-0.05, 0) is 30.2 Å². The Morgan fingerprint density at radius 2 is 1.86 bits per heavy atom. The molecule has 8 heteroatoms. The van der Waals surface area contributed by atoms with Gasteiger partial charge < -0.3 is 14.6 Å². The van der Waals surface area contributed by atoms with Crippen molar-refractivity contribution in [2.75, 3.05) is 14.2 Å². The zero-order chi connectivity index (χ0) is 21.1. The molecule has 0 aliphatic carbocycles. The van der Waals surface area contributed by atoms with Gasteiger partial charge in [-0.3, -0.25) is 9.69 Å². The molecule has 3 rings (SSSR count). The molecule has 150 valence electrons. The average Bonchev–Trinajstić information content (AvgIpc) is 3.00. The lowest BCUT2D eigenvalue weighted by Gasteiger charge is -2.23. The monoisotopic (exact) mass is 429 g/mol. The smallest absolute Gasteiger partial charge is 0.340 e. The van der Waals surface area contributed by atoms with Crippen LogP contribution in [-0.2, 0) is 4.79 Å². The molecule has 1 N–H and O–H groups in total. The highest BCUT2D eigenvalue weighted by atomic mass is 32.2. The van der Waals surface area contributed by atoms with E-state index in [0.717, 1.165) is 17.3 Å². The standard InChI is InChI=1S/C21H19NO5S2/c1-12(13-7-5-4-6-8-13)22-19(23)16(29-21(22)28)11-14-9-10-15(26-2)18(27-3)17(14)20(24)25/h4-12H,1-3H3,(H,24,25)/b16-11+. The molecule has 0 saturated carbocycles. The summed E-state index contributed by atoms with van der Waals surface area (Å²) in [6, 6.07) is 12.5. The van der Waals surface area contributed by atoms with E-state index in [0.29, 0.717) is 20.5 Å². The van der Waals surface area contributed by atoms with E-state index < -0.39 is 5.97 Å². The van der Waals surface area contributed by atoms with E-state index in [1.807, 2.05) is 37.3 Å². The number of ether oxygens (including phenoxy) is 2. The van der Waals surface area contributed by atoms with Gasteiger partial charge in [-0.15, -0.1) is 0 Å². The van der Waals surface area contributed by atoms with E-state index in [9.17, 15) is 14.7 Å². The first kappa shape index (κ1) is 20.9. The van der Waals surface area contributed by atoms with Gasteiger partial charge >= 0.3 is 5.97 Å². The highest BCUT2D eigenvalue weighted by Crippen LogP contribution is 2.40. The van der Waals surface area contributed by atoms with E-state index in [2.05, 4.69) is 0 Å². The van der Waals surface area contributed by atoms with Crippen LogP contribution in [0, 0.1) is 0 Å². The number of carbonyl (C=O) groups is 2. The minimum Gasteiger partial charge on any atom is -0.493 e. The zero-order valence-corrected chi connectivity index (χ0v) is 17.7. The van der Waals surface area contributed by atoms with E-state index in [-0.39, 0.29) is 23.3 Å². The number of carboxylic acid groups (broad SMARTS) is 1. The molecule has 1 aliphatic heterocycles. The summed E-state index contributed by atoms with van der Waals surface area (Å²) in [6.45, 7) is 1.90. The number of thioether (sulfide) groups is 1. The molecule has 1 saturated heterocycles. The molecule has 1 amide bonds. The summed E-state index contributed by atoms with van der Waals surface area (Å²) in [7, 11) is 2.80. The Kier molecular flexibility index (Phi) is 6.24. The van der Waals surface area contributed by atoms with Crippen LogP contribution in [0.3, 0.4) is 0 Å². The molecule has 1 unspecified atom stereocenters. The summed E-state index contributed by atoms with van der Waals surface area (Å²) in [6.07, 6.45) is 1.53. The summed E-state index contributed by atoms with van der Waals surface area (Å²) in [5, 5.41) is 9.69. The third-order valence-electron chi connectivity index (χ3n) is 4.57. The quantitative estimate of drug-likeness (QED) is 0.540. The van der Waals surface area contributed by atoms with E-state index in [4.69, 9.17) is 21.7 Å². The first-order valence-corrected chi connectivity index (χ1v) is 9.91. The molecular formula is C21H19NO5S2. The van der Waals surface area contributed by atoms with Gasteiger partial charge in [0, 0.05) is 0 Å². The van der Waals surface area contributed by atoms with E-state index >= 15 is 0 Å². The van der Waals surface area contributed by atoms with Crippen molar-refractivity contribution in [2.24, 2.45) is 0 Å². The second-order valence-corrected chi connectivity index (χ2v) is 7.88. The van der Waals surface area contributed by atoms with Crippen LogP contribution in [-0.4, -0.2) is 40.4 Å². The first-order chi connectivity index (χ1) is 13.9. The number of hydrogen-bond donors (Lipinski definition) is 1. The number of nitrogens with zero attached hydrogens (tertiary/aromatic N) is 1. The minimum atomic E-state index is -1.18. The summed E-state index contributed by atoms with van der Waals surface area (Å²) < 4.78 is 10.8. The van der Waals surface area contributed by atoms with Crippen molar-refractivity contribution < 1.29 is 24.2 Å². The average molecular weight is 430 g/mol. The summed E-state index contributed by atoms with van der Waals surface area (Å²) in [5.41, 5.74) is 1.22. The van der Waals surface area contributed by atoms with Crippen molar-refractivity contribution in [2.45, 2.75) is 13.0 Å². The van der Waals surface area contributed by atoms with Crippen LogP contribution in [0.25, 0.3) is 6.08 Å². The zero-order valence-electron chi connectivity index (χ0n) is 16.0. The summed E-state index contributed by atoms with van der Waals surface area (Å²) in [4.78, 5) is 26.8. The Bertz CT molecular complexity index is 1000. The molecule has 1 fully saturated rings. The van der Waals surface area contributed by atoms with Gasteiger partial charge in [0.1, 0.15) is 9.88 Å². The van der Waals surface area contributed by atoms with Crippen molar-refractivity contribution in [1.29, 1.82) is 0 Å². The lowest BCUT2D eigenvalue weighted by molar-refractivity contribution is -0.123. The number of amides is 1. The molecule has 2 aromatic carbocycles. The third kappa shape index (κ3) is 3.99. The van der Waals surface area contributed by atoms with Gasteiger partial charge in [0.25, 0.3) is 5.91 Å². The largest absolute Gasteiger partial charge is 0.493 e. The SMILES string of the molecule is COc1ccc(/C=C2/SC(=S)N(C(C)c3ccccc3)C2=O)c(C(=O)O)c1OC. The number of thiocarbonyl (C=S) groups is 1. The fourth-order valence-electron chi connectivity index (χ4n) is 3.12. The summed E-state index contributed by atoms with van der Waals surface area (Å²) in [5.74, 6) is -1.04. The molecule has 1 aliphatic rings. The molecule has 1 heterocycles. The van der Waals surface area contributed by atoms with Gasteiger partial charge in [0.2, 0.25) is 0 Å². The van der Waals surface area contributed by atoms with Gasteiger partial charge in [-0.1, -0.05) is 60.4 Å². The maximum Gasteiger partial charge on any atom is 0.340 e. The minimum absolute atomic E-state index is 0.0757. The maximum atomic E-state index is 13.0. The van der Waals surface area contributed by atoms with Crippen molar-refractivity contribution in [3.05, 3.63) is 64.1 Å². The lowest BCUT2D eigenvalue weighted by Crippen LogP contribution is -2.30. The van der Waals surface area contributed by atoms with E-state index in [1.54, 1.807) is 17.0 Å². The Balaban J connectivity index is 2.01. The Morgan fingerprint density at radius 3 is 2.45 bits per heavy atom. The van der Waals surface area contributed by atoms with Crippen molar-refractivity contribution in [3.8, 4) is 11.5 Å². The van der Waals surface area contributed by atoms with Crippen molar-refractivity contribution >= 4 is 46.3 Å². The normalized spacial score (nSPS) is 16.2. The molecule has 0 bridgehead atoms. The molecule has 2 aromatic rings. The van der Waals surface area contributed by atoms with Gasteiger partial charge in [-0.2, -0.15) is 0 Å². The number of carboxylic acids is 1. The lowest BCUT2D eigenvalue weighted by atomic mass is 10.0. The van der Waals surface area contributed by atoms with Crippen molar-refractivity contribution in [3.63, 3.8) is 0 Å². The van der Waals surface area contributed by atoms with Crippen molar-refractivity contribution in [1.82, 2.24) is 4.90 Å². The third-order valence-corrected chi connectivity index (χ3v) is 5.90. The Hall–Kier alpha value is -2.84. The van der Waals surface area contributed by atoms with Gasteiger partial charge in [-0.25, -0.2) is 4.79 Å². The predicted molar refractivity (Wildman–Crippen MR) is 116 cm³/mol. The van der Waals surface area contributed by atoms with Crippen LogP contribution in [0.15, 0.2) is 47.4 Å². The highest BCUT2D eigenvalue weighted by Gasteiger charge is 2.36. The second-order valence-electron chi connectivity index (χ2n) is 6.21. The fourth-order valence-corrected chi connectivity index (χ4v) is 4.53. The summed E-state index contributed by atoms with van der Waals surface area (Å²) >= 11 is 6.57. The molecule has 6 nitrogen and oxygen atoms in total. The Labute approximate surface area is 178 Å². The predicted octanol–water partition coefficient (Wildman–Crippen LogP) is 4.36. The number of hydrogen-bond acceptors (Lipinski definition) is 6. The number of methoxy groups -OCH3 is 2. The number of benzene rings is 2. The molecule has 0 radical (unpaired) electrons. The molecule has 1 atom stereocenters. The second kappa shape index (κ2) is 8.67. The molecule has 0 aromatic heterocycles. The van der Waals surface area contributed by atoms with Crippen LogP contribution in [0.4, 0.5) is 0 Å². The molecule has 0 spiro atoms. The van der Waals surface area contributed by atoms with E-state index in [1.165, 1.54) is 20.3 Å². The van der Waals surface area contributed by atoms with Gasteiger partial charge in [0.05, 0.1) is 25.2 Å². The van der Waals surface area contributed by atoms with Crippen LogP contribution < -0.4 is 9.47 Å². The highest BCUT2D eigenvalue weighted by molar-refractivity contribution is 8.26.